The van der Waals surface area contributed by atoms with E-state index in [2.05, 4.69) is 15.9 Å². The number of ether oxygens (including phenoxy) is 2. The highest BCUT2D eigenvalue weighted by atomic mass is 79.9. The van der Waals surface area contributed by atoms with E-state index >= 15 is 0 Å². The Morgan fingerprint density at radius 1 is 1.33 bits per heavy atom. The Hall–Kier alpha value is -0.250. The maximum Gasteiger partial charge on any atom is 0.123 e. The normalized spacial score (nSPS) is 10.3. The summed E-state index contributed by atoms with van der Waals surface area (Å²) in [4.78, 5) is 0. The molecule has 2 nitrogen and oxygen atoms in total. The highest BCUT2D eigenvalue weighted by Crippen LogP contribution is 2.24. The molecule has 0 atom stereocenters. The summed E-state index contributed by atoms with van der Waals surface area (Å²) in [5, 5.41) is 1.46. The molecule has 1 aromatic carbocycles. The molecule has 0 fully saturated rings. The molecule has 84 valence electrons. The van der Waals surface area contributed by atoms with Crippen molar-refractivity contribution in [3.05, 3.63) is 28.8 Å². The van der Waals surface area contributed by atoms with Gasteiger partial charge in [-0.25, -0.2) is 0 Å². The molecule has 0 aliphatic heterocycles. The van der Waals surface area contributed by atoms with E-state index in [0.29, 0.717) is 13.2 Å². The molecule has 0 aromatic heterocycles. The third kappa shape index (κ3) is 4.41. The summed E-state index contributed by atoms with van der Waals surface area (Å²) >= 11 is 9.27. The Morgan fingerprint density at radius 3 is 2.80 bits per heavy atom. The van der Waals surface area contributed by atoms with E-state index < -0.39 is 0 Å². The van der Waals surface area contributed by atoms with Crippen LogP contribution in [0.2, 0.25) is 5.02 Å². The van der Waals surface area contributed by atoms with E-state index in [1.807, 2.05) is 25.1 Å². The summed E-state index contributed by atoms with van der Waals surface area (Å²) in [6, 6.07) is 5.60. The van der Waals surface area contributed by atoms with Crippen LogP contribution in [-0.4, -0.2) is 19.8 Å². The second-order valence-corrected chi connectivity index (χ2v) is 3.93. The Kier molecular flexibility index (Phi) is 6.06. The van der Waals surface area contributed by atoms with Crippen molar-refractivity contribution in [3.8, 4) is 5.75 Å². The van der Waals surface area contributed by atoms with Crippen molar-refractivity contribution in [3.63, 3.8) is 0 Å². The van der Waals surface area contributed by atoms with Gasteiger partial charge in [0.05, 0.1) is 6.61 Å². The quantitative estimate of drug-likeness (QED) is 0.589. The van der Waals surface area contributed by atoms with Crippen LogP contribution in [0, 0.1) is 0 Å². The fourth-order valence-corrected chi connectivity index (χ4v) is 1.78. The number of rotatable bonds is 6. The Bertz CT molecular complexity index is 305. The van der Waals surface area contributed by atoms with Crippen LogP contribution in [0.5, 0.6) is 5.75 Å². The summed E-state index contributed by atoms with van der Waals surface area (Å²) in [6.07, 6.45) is 0. The molecule has 0 spiro atoms. The van der Waals surface area contributed by atoms with Gasteiger partial charge in [-0.1, -0.05) is 27.5 Å². The molecule has 0 amide bonds. The van der Waals surface area contributed by atoms with E-state index in [1.165, 1.54) is 0 Å². The third-order valence-electron chi connectivity index (χ3n) is 1.86. The van der Waals surface area contributed by atoms with E-state index in [9.17, 15) is 0 Å². The zero-order valence-electron chi connectivity index (χ0n) is 8.63. The molecule has 0 N–H and O–H groups in total. The van der Waals surface area contributed by atoms with Crippen LogP contribution in [0.4, 0.5) is 0 Å². The Labute approximate surface area is 104 Å². The molecule has 1 aromatic rings. The summed E-state index contributed by atoms with van der Waals surface area (Å²) in [5.74, 6) is 0.857. The van der Waals surface area contributed by atoms with Crippen molar-refractivity contribution in [1.29, 1.82) is 0 Å². The number of halogens is 2. The van der Waals surface area contributed by atoms with Gasteiger partial charge in [-0.2, -0.15) is 0 Å². The zero-order chi connectivity index (χ0) is 11.1. The van der Waals surface area contributed by atoms with Gasteiger partial charge in [0.15, 0.2) is 0 Å². The molecule has 1 rings (SSSR count). The van der Waals surface area contributed by atoms with E-state index in [-0.39, 0.29) is 0 Å². The Balaban J connectivity index is 2.52. The van der Waals surface area contributed by atoms with Crippen LogP contribution in [0.25, 0.3) is 0 Å². The molecule has 0 aliphatic rings. The van der Waals surface area contributed by atoms with Gasteiger partial charge >= 0.3 is 0 Å². The lowest BCUT2D eigenvalue weighted by molar-refractivity contribution is 0.110. The molecule has 0 bridgehead atoms. The maximum atomic E-state index is 5.88. The molecule has 0 saturated heterocycles. The first kappa shape index (κ1) is 12.8. The van der Waals surface area contributed by atoms with Gasteiger partial charge in [0.25, 0.3) is 0 Å². The van der Waals surface area contributed by atoms with Crippen molar-refractivity contribution in [1.82, 2.24) is 0 Å². The minimum atomic E-state index is 0.565. The standard InChI is InChI=1S/C11H14BrClO2/c1-2-14-5-6-15-11-4-3-10(13)7-9(11)8-12/h3-4,7H,2,5-6,8H2,1H3. The zero-order valence-corrected chi connectivity index (χ0v) is 11.0. The highest BCUT2D eigenvalue weighted by Gasteiger charge is 2.03. The summed E-state index contributed by atoms with van der Waals surface area (Å²) in [5.41, 5.74) is 1.05. The average molecular weight is 294 g/mol. The predicted octanol–water partition coefficient (Wildman–Crippen LogP) is 3.65. The van der Waals surface area contributed by atoms with E-state index in [4.69, 9.17) is 21.1 Å². The van der Waals surface area contributed by atoms with Crippen molar-refractivity contribution in [2.24, 2.45) is 0 Å². The molecule has 4 heteroatoms. The maximum absolute atomic E-state index is 5.88. The lowest BCUT2D eigenvalue weighted by Crippen LogP contribution is -2.07. The van der Waals surface area contributed by atoms with Gasteiger partial charge in [0, 0.05) is 22.5 Å². The molecule has 0 radical (unpaired) electrons. The third-order valence-corrected chi connectivity index (χ3v) is 2.70. The summed E-state index contributed by atoms with van der Waals surface area (Å²) in [7, 11) is 0. The van der Waals surface area contributed by atoms with Gasteiger partial charge in [0.1, 0.15) is 12.4 Å². The molecule has 0 heterocycles. The first-order chi connectivity index (χ1) is 7.27. The first-order valence-corrected chi connectivity index (χ1v) is 6.32. The molecule has 0 unspecified atom stereocenters. The first-order valence-electron chi connectivity index (χ1n) is 4.83. The van der Waals surface area contributed by atoms with Crippen molar-refractivity contribution < 1.29 is 9.47 Å². The molecular weight excluding hydrogens is 279 g/mol. The van der Waals surface area contributed by atoms with Crippen LogP contribution < -0.4 is 4.74 Å². The van der Waals surface area contributed by atoms with Crippen molar-refractivity contribution in [2.75, 3.05) is 19.8 Å². The van der Waals surface area contributed by atoms with Crippen LogP contribution in [0.15, 0.2) is 18.2 Å². The second-order valence-electron chi connectivity index (χ2n) is 2.93. The van der Waals surface area contributed by atoms with Crippen LogP contribution in [-0.2, 0) is 10.1 Å². The van der Waals surface area contributed by atoms with Gasteiger partial charge in [-0.3, -0.25) is 0 Å². The molecule has 15 heavy (non-hydrogen) atoms. The fraction of sp³-hybridized carbons (Fsp3) is 0.455. The Morgan fingerprint density at radius 2 is 2.13 bits per heavy atom. The predicted molar refractivity (Wildman–Crippen MR) is 66.1 cm³/mol. The smallest absolute Gasteiger partial charge is 0.123 e. The lowest BCUT2D eigenvalue weighted by Gasteiger charge is -2.10. The van der Waals surface area contributed by atoms with Crippen molar-refractivity contribution >= 4 is 27.5 Å². The van der Waals surface area contributed by atoms with E-state index in [1.54, 1.807) is 0 Å². The minimum Gasteiger partial charge on any atom is -0.491 e. The molecular formula is C11H14BrClO2. The van der Waals surface area contributed by atoms with Gasteiger partial charge in [-0.15, -0.1) is 0 Å². The topological polar surface area (TPSA) is 18.5 Å². The number of hydrogen-bond donors (Lipinski definition) is 0. The number of benzene rings is 1. The summed E-state index contributed by atoms with van der Waals surface area (Å²) in [6.45, 7) is 3.86. The molecule has 0 saturated carbocycles. The minimum absolute atomic E-state index is 0.565. The van der Waals surface area contributed by atoms with Gasteiger partial charge in [-0.05, 0) is 25.1 Å². The lowest BCUT2D eigenvalue weighted by atomic mass is 10.2. The second kappa shape index (κ2) is 7.09. The molecule has 0 aliphatic carbocycles. The average Bonchev–Trinajstić information content (AvgIpc) is 2.26. The number of hydrogen-bond acceptors (Lipinski definition) is 2. The van der Waals surface area contributed by atoms with Crippen molar-refractivity contribution in [2.45, 2.75) is 12.3 Å². The highest BCUT2D eigenvalue weighted by molar-refractivity contribution is 9.08. The number of alkyl halides is 1. The largest absolute Gasteiger partial charge is 0.491 e. The van der Waals surface area contributed by atoms with Crippen LogP contribution in [0.3, 0.4) is 0 Å². The van der Waals surface area contributed by atoms with Crippen LogP contribution in [0.1, 0.15) is 12.5 Å². The summed E-state index contributed by atoms with van der Waals surface area (Å²) < 4.78 is 10.8. The van der Waals surface area contributed by atoms with Crippen LogP contribution >= 0.6 is 27.5 Å². The fourth-order valence-electron chi connectivity index (χ4n) is 1.15. The van der Waals surface area contributed by atoms with Gasteiger partial charge in [0.2, 0.25) is 0 Å². The van der Waals surface area contributed by atoms with Gasteiger partial charge < -0.3 is 9.47 Å². The van der Waals surface area contributed by atoms with E-state index in [0.717, 1.165) is 28.3 Å². The monoisotopic (exact) mass is 292 g/mol. The SMILES string of the molecule is CCOCCOc1ccc(Cl)cc1CBr.